The van der Waals surface area contributed by atoms with Crippen molar-refractivity contribution in [3.8, 4) is 23.0 Å². The van der Waals surface area contributed by atoms with E-state index in [1.165, 1.54) is 30.7 Å². The number of para-hydroxylation sites is 1. The second-order valence-corrected chi connectivity index (χ2v) is 11.2. The first kappa shape index (κ1) is 27.2. The summed E-state index contributed by atoms with van der Waals surface area (Å²) in [6.45, 7) is 0.290. The van der Waals surface area contributed by atoms with E-state index in [1.807, 2.05) is 78.9 Å². The van der Waals surface area contributed by atoms with E-state index in [9.17, 15) is 13.2 Å². The normalized spacial score (nSPS) is 15.1. The Hall–Kier alpha value is -4.34. The summed E-state index contributed by atoms with van der Waals surface area (Å²) in [6, 6.07) is 27.9. The number of rotatable bonds is 9. The number of ether oxygens (including phenoxy) is 3. The Morgan fingerprint density at radius 1 is 0.825 bits per heavy atom. The van der Waals surface area contributed by atoms with Gasteiger partial charge >= 0.3 is 0 Å². The van der Waals surface area contributed by atoms with Crippen molar-refractivity contribution in [1.29, 1.82) is 0 Å². The number of sulfonamides is 1. The van der Waals surface area contributed by atoms with Crippen LogP contribution in [0.5, 0.6) is 23.0 Å². The molecule has 1 heterocycles. The van der Waals surface area contributed by atoms with Crippen LogP contribution in [0.3, 0.4) is 0 Å². The highest BCUT2D eigenvalue weighted by atomic mass is 32.2. The average Bonchev–Trinajstić information content (AvgIpc) is 2.99. The van der Waals surface area contributed by atoms with Gasteiger partial charge in [-0.15, -0.1) is 0 Å². The van der Waals surface area contributed by atoms with Crippen LogP contribution >= 0.6 is 0 Å². The van der Waals surface area contributed by atoms with E-state index in [2.05, 4.69) is 5.32 Å². The van der Waals surface area contributed by atoms with Gasteiger partial charge in [0.15, 0.2) is 11.5 Å². The van der Waals surface area contributed by atoms with Crippen molar-refractivity contribution in [3.05, 3.63) is 114 Å². The van der Waals surface area contributed by atoms with Gasteiger partial charge in [-0.1, -0.05) is 54.6 Å². The van der Waals surface area contributed by atoms with Crippen LogP contribution in [-0.2, 0) is 34.3 Å². The summed E-state index contributed by atoms with van der Waals surface area (Å²) >= 11 is 0. The first-order valence-electron chi connectivity index (χ1n) is 12.8. The molecule has 1 atom stereocenters. The van der Waals surface area contributed by atoms with Crippen LogP contribution in [0.4, 0.5) is 0 Å². The lowest BCUT2D eigenvalue weighted by atomic mass is 9.95. The number of nitrogens with one attached hydrogen (secondary N) is 1. The lowest BCUT2D eigenvalue weighted by Gasteiger charge is -2.35. The Kier molecular flexibility index (Phi) is 8.04. The minimum absolute atomic E-state index is 0.0214. The molecule has 0 fully saturated rings. The first-order valence-corrected chi connectivity index (χ1v) is 14.2. The molecule has 206 valence electrons. The number of fused-ring (bicyclic) bond motifs is 1. The molecule has 1 aliphatic rings. The lowest BCUT2D eigenvalue weighted by Crippen LogP contribution is -2.52. The van der Waals surface area contributed by atoms with Crippen molar-refractivity contribution in [2.24, 2.45) is 0 Å². The van der Waals surface area contributed by atoms with E-state index < -0.39 is 16.1 Å². The van der Waals surface area contributed by atoms with E-state index in [4.69, 9.17) is 14.2 Å². The van der Waals surface area contributed by atoms with E-state index in [0.717, 1.165) is 16.7 Å². The van der Waals surface area contributed by atoms with Crippen LogP contribution in [-0.4, -0.2) is 38.9 Å². The van der Waals surface area contributed by atoms with E-state index in [1.54, 1.807) is 6.07 Å². The molecular weight excluding hydrogens is 528 g/mol. The Balaban J connectivity index is 1.38. The molecule has 40 heavy (non-hydrogen) atoms. The third kappa shape index (κ3) is 5.80. The van der Waals surface area contributed by atoms with Gasteiger partial charge in [0, 0.05) is 19.2 Å². The molecule has 1 unspecified atom stereocenters. The molecule has 4 aromatic rings. The molecule has 9 heteroatoms. The number of carbonyl (C=O) groups excluding carboxylic acids is 1. The minimum Gasteiger partial charge on any atom is -0.493 e. The summed E-state index contributed by atoms with van der Waals surface area (Å²) in [4.78, 5) is 13.6. The SMILES string of the molecule is COc1ccc(S(=O)(=O)N2Cc3ccccc3CC2C(=O)NCc2cccc(Oc3ccccc3)c2)cc1OC. The molecule has 4 aromatic carbocycles. The van der Waals surface area contributed by atoms with Crippen LogP contribution in [0.2, 0.25) is 0 Å². The van der Waals surface area contributed by atoms with Gasteiger partial charge in [-0.3, -0.25) is 4.79 Å². The predicted octanol–water partition coefficient (Wildman–Crippen LogP) is 4.93. The van der Waals surface area contributed by atoms with Crippen LogP contribution in [0, 0.1) is 0 Å². The first-order chi connectivity index (χ1) is 19.4. The quantitative estimate of drug-likeness (QED) is 0.313. The smallest absolute Gasteiger partial charge is 0.244 e. The summed E-state index contributed by atoms with van der Waals surface area (Å²) in [6.07, 6.45) is 0.256. The number of nitrogens with zero attached hydrogens (tertiary/aromatic N) is 1. The van der Waals surface area contributed by atoms with Crippen molar-refractivity contribution >= 4 is 15.9 Å². The molecule has 0 aliphatic carbocycles. The topological polar surface area (TPSA) is 94.2 Å². The molecule has 1 N–H and O–H groups in total. The van der Waals surface area contributed by atoms with Gasteiger partial charge in [-0.05, 0) is 59.5 Å². The minimum atomic E-state index is -4.06. The van der Waals surface area contributed by atoms with Crippen molar-refractivity contribution in [2.45, 2.75) is 30.4 Å². The molecule has 0 radical (unpaired) electrons. The Bertz CT molecular complexity index is 1610. The number of benzene rings is 4. The highest BCUT2D eigenvalue weighted by Gasteiger charge is 2.39. The number of hydrogen-bond acceptors (Lipinski definition) is 6. The molecule has 0 saturated carbocycles. The third-order valence-corrected chi connectivity index (χ3v) is 8.66. The van der Waals surface area contributed by atoms with E-state index in [-0.39, 0.29) is 30.3 Å². The number of methoxy groups -OCH3 is 2. The standard InChI is InChI=1S/C31H30N2O6S/c1-37-29-16-15-27(19-30(29)38-2)40(35,36)33-21-24-11-7-6-10-23(24)18-28(33)31(34)32-20-22-9-8-14-26(17-22)39-25-12-4-3-5-13-25/h3-17,19,28H,18,20-21H2,1-2H3,(H,32,34). The van der Waals surface area contributed by atoms with Gasteiger partial charge in [-0.2, -0.15) is 4.31 Å². The fourth-order valence-electron chi connectivity index (χ4n) is 4.74. The highest BCUT2D eigenvalue weighted by molar-refractivity contribution is 7.89. The second-order valence-electron chi connectivity index (χ2n) is 9.34. The molecule has 1 amide bonds. The van der Waals surface area contributed by atoms with E-state index in [0.29, 0.717) is 23.0 Å². The largest absolute Gasteiger partial charge is 0.493 e. The highest BCUT2D eigenvalue weighted by Crippen LogP contribution is 2.34. The Morgan fingerprint density at radius 2 is 1.52 bits per heavy atom. The Labute approximate surface area is 234 Å². The van der Waals surface area contributed by atoms with Crippen LogP contribution in [0.25, 0.3) is 0 Å². The second kappa shape index (κ2) is 11.8. The van der Waals surface area contributed by atoms with Crippen molar-refractivity contribution < 1.29 is 27.4 Å². The van der Waals surface area contributed by atoms with Gasteiger partial charge in [0.1, 0.15) is 17.5 Å². The molecule has 0 saturated heterocycles. The number of carbonyl (C=O) groups is 1. The molecule has 8 nitrogen and oxygen atoms in total. The zero-order valence-electron chi connectivity index (χ0n) is 22.2. The summed E-state index contributed by atoms with van der Waals surface area (Å²) in [5, 5.41) is 2.94. The summed E-state index contributed by atoms with van der Waals surface area (Å²) in [5.41, 5.74) is 2.63. The number of hydrogen-bond donors (Lipinski definition) is 1. The van der Waals surface area contributed by atoms with Gasteiger partial charge in [0.25, 0.3) is 0 Å². The van der Waals surface area contributed by atoms with Crippen LogP contribution in [0.15, 0.2) is 102 Å². The number of amides is 1. The van der Waals surface area contributed by atoms with Gasteiger partial charge in [0.05, 0.1) is 19.1 Å². The fraction of sp³-hybridized carbons (Fsp3) is 0.194. The van der Waals surface area contributed by atoms with Crippen molar-refractivity contribution in [1.82, 2.24) is 9.62 Å². The summed E-state index contributed by atoms with van der Waals surface area (Å²) < 4.78 is 45.6. The van der Waals surface area contributed by atoms with Gasteiger partial charge in [-0.25, -0.2) is 8.42 Å². The fourth-order valence-corrected chi connectivity index (χ4v) is 6.32. The lowest BCUT2D eigenvalue weighted by molar-refractivity contribution is -0.125. The maximum Gasteiger partial charge on any atom is 0.244 e. The Morgan fingerprint density at radius 3 is 2.27 bits per heavy atom. The van der Waals surface area contributed by atoms with Crippen LogP contribution in [0.1, 0.15) is 16.7 Å². The van der Waals surface area contributed by atoms with Crippen molar-refractivity contribution in [3.63, 3.8) is 0 Å². The molecule has 0 spiro atoms. The predicted molar refractivity (Wildman–Crippen MR) is 151 cm³/mol. The average molecular weight is 559 g/mol. The monoisotopic (exact) mass is 558 g/mol. The molecule has 0 aromatic heterocycles. The van der Waals surface area contributed by atoms with Crippen LogP contribution < -0.4 is 19.5 Å². The summed E-state index contributed by atoms with van der Waals surface area (Å²) in [7, 11) is -1.13. The van der Waals surface area contributed by atoms with E-state index >= 15 is 0 Å². The molecule has 1 aliphatic heterocycles. The summed E-state index contributed by atoms with van der Waals surface area (Å²) in [5.74, 6) is 1.67. The zero-order valence-corrected chi connectivity index (χ0v) is 23.1. The van der Waals surface area contributed by atoms with Crippen molar-refractivity contribution in [2.75, 3.05) is 14.2 Å². The molecular formula is C31H30N2O6S. The van der Waals surface area contributed by atoms with Gasteiger partial charge in [0.2, 0.25) is 15.9 Å². The maximum absolute atomic E-state index is 13.9. The third-order valence-electron chi connectivity index (χ3n) is 6.81. The zero-order chi connectivity index (χ0) is 28.1. The van der Waals surface area contributed by atoms with Gasteiger partial charge < -0.3 is 19.5 Å². The molecule has 0 bridgehead atoms. The molecule has 5 rings (SSSR count). The maximum atomic E-state index is 13.9.